The zero-order valence-electron chi connectivity index (χ0n) is 8.58. The van der Waals surface area contributed by atoms with E-state index in [0.717, 1.165) is 5.69 Å². The largest absolute Gasteiger partial charge is 0.381 e. The van der Waals surface area contributed by atoms with Crippen LogP contribution in [0.3, 0.4) is 0 Å². The predicted molar refractivity (Wildman–Crippen MR) is 65.2 cm³/mol. The molecule has 0 atom stereocenters. The summed E-state index contributed by atoms with van der Waals surface area (Å²) >= 11 is 5.84. The van der Waals surface area contributed by atoms with E-state index in [4.69, 9.17) is 11.6 Å². The Morgan fingerprint density at radius 1 is 1.06 bits per heavy atom. The normalized spacial score (nSPS) is 10.1. The fourth-order valence-electron chi connectivity index (χ4n) is 1.44. The van der Waals surface area contributed by atoms with Gasteiger partial charge in [-0.3, -0.25) is 0 Å². The maximum atomic E-state index is 13.3. The van der Waals surface area contributed by atoms with Gasteiger partial charge in [-0.05, 0) is 24.3 Å². The number of hydrogen-bond acceptors (Lipinski definition) is 1. The van der Waals surface area contributed by atoms with Crippen LogP contribution >= 0.6 is 11.6 Å². The quantitative estimate of drug-likeness (QED) is 0.845. The van der Waals surface area contributed by atoms with Crippen molar-refractivity contribution >= 4 is 17.3 Å². The smallest absolute Gasteiger partial charge is 0.128 e. The Labute approximate surface area is 98.9 Å². The lowest BCUT2D eigenvalue weighted by Crippen LogP contribution is -2.01. The third-order valence-electron chi connectivity index (χ3n) is 2.27. The minimum atomic E-state index is -0.197. The molecule has 0 spiro atoms. The van der Waals surface area contributed by atoms with Gasteiger partial charge >= 0.3 is 0 Å². The molecule has 0 aliphatic carbocycles. The Bertz CT molecular complexity index is 485. The monoisotopic (exact) mass is 235 g/mol. The van der Waals surface area contributed by atoms with Crippen molar-refractivity contribution in [3.05, 3.63) is 64.9 Å². The third-order valence-corrected chi connectivity index (χ3v) is 2.50. The number of nitrogens with one attached hydrogen (secondary N) is 1. The minimum absolute atomic E-state index is 0.197. The van der Waals surface area contributed by atoms with E-state index in [2.05, 4.69) is 5.32 Å². The Balaban J connectivity index is 2.05. The molecular formula is C13H11ClFN. The molecule has 0 amide bonds. The maximum Gasteiger partial charge on any atom is 0.128 e. The van der Waals surface area contributed by atoms with E-state index < -0.39 is 0 Å². The fourth-order valence-corrected chi connectivity index (χ4v) is 1.63. The molecule has 0 bridgehead atoms. The molecule has 2 aromatic rings. The first kappa shape index (κ1) is 11.0. The summed E-state index contributed by atoms with van der Waals surface area (Å²) in [4.78, 5) is 0. The van der Waals surface area contributed by atoms with Gasteiger partial charge in [-0.25, -0.2) is 4.39 Å². The van der Waals surface area contributed by atoms with Gasteiger partial charge in [0, 0.05) is 22.8 Å². The summed E-state index contributed by atoms with van der Waals surface area (Å²) in [5.41, 5.74) is 1.53. The zero-order chi connectivity index (χ0) is 11.4. The summed E-state index contributed by atoms with van der Waals surface area (Å²) in [7, 11) is 0. The second kappa shape index (κ2) is 4.99. The van der Waals surface area contributed by atoms with E-state index in [1.807, 2.05) is 24.3 Å². The van der Waals surface area contributed by atoms with E-state index in [0.29, 0.717) is 17.1 Å². The van der Waals surface area contributed by atoms with E-state index in [1.54, 1.807) is 18.2 Å². The summed E-state index contributed by atoms with van der Waals surface area (Å²) < 4.78 is 13.3. The van der Waals surface area contributed by atoms with Crippen LogP contribution in [0.4, 0.5) is 10.1 Å². The average Bonchev–Trinajstić information content (AvgIpc) is 2.28. The van der Waals surface area contributed by atoms with Crippen LogP contribution in [0, 0.1) is 5.82 Å². The summed E-state index contributed by atoms with van der Waals surface area (Å²) in [6.45, 7) is 0.451. The van der Waals surface area contributed by atoms with Gasteiger partial charge in [0.15, 0.2) is 0 Å². The number of anilines is 1. The standard InChI is InChI=1S/C13H11ClFN/c14-11-5-3-6-12(8-11)16-9-10-4-1-2-7-13(10)15/h1-8,16H,9H2. The van der Waals surface area contributed by atoms with Gasteiger partial charge in [-0.2, -0.15) is 0 Å². The number of benzene rings is 2. The Kier molecular flexibility index (Phi) is 3.42. The van der Waals surface area contributed by atoms with Gasteiger partial charge in [0.25, 0.3) is 0 Å². The van der Waals surface area contributed by atoms with E-state index in [-0.39, 0.29) is 5.82 Å². The van der Waals surface area contributed by atoms with Crippen LogP contribution in [0.15, 0.2) is 48.5 Å². The number of halogens is 2. The minimum Gasteiger partial charge on any atom is -0.381 e. The number of hydrogen-bond donors (Lipinski definition) is 1. The Morgan fingerprint density at radius 3 is 2.62 bits per heavy atom. The van der Waals surface area contributed by atoms with Crippen LogP contribution in [-0.2, 0) is 6.54 Å². The lowest BCUT2D eigenvalue weighted by molar-refractivity contribution is 0.613. The highest BCUT2D eigenvalue weighted by Crippen LogP contribution is 2.16. The van der Waals surface area contributed by atoms with Gasteiger partial charge in [0.1, 0.15) is 5.82 Å². The van der Waals surface area contributed by atoms with E-state index in [1.165, 1.54) is 6.07 Å². The van der Waals surface area contributed by atoms with E-state index >= 15 is 0 Å². The van der Waals surface area contributed by atoms with Gasteiger partial charge in [-0.1, -0.05) is 35.9 Å². The van der Waals surface area contributed by atoms with Crippen LogP contribution < -0.4 is 5.32 Å². The maximum absolute atomic E-state index is 13.3. The second-order valence-electron chi connectivity index (χ2n) is 3.46. The van der Waals surface area contributed by atoms with Crippen molar-refractivity contribution in [3.63, 3.8) is 0 Å². The first-order chi connectivity index (χ1) is 7.75. The molecule has 0 radical (unpaired) electrons. The first-order valence-electron chi connectivity index (χ1n) is 4.98. The van der Waals surface area contributed by atoms with Crippen molar-refractivity contribution in [2.24, 2.45) is 0 Å². The lowest BCUT2D eigenvalue weighted by atomic mass is 10.2. The molecule has 0 saturated carbocycles. The van der Waals surface area contributed by atoms with Gasteiger partial charge < -0.3 is 5.32 Å². The highest BCUT2D eigenvalue weighted by Gasteiger charge is 2.00. The molecule has 0 aliphatic rings. The van der Waals surface area contributed by atoms with Gasteiger partial charge in [-0.15, -0.1) is 0 Å². The molecule has 2 aromatic carbocycles. The average molecular weight is 236 g/mol. The molecular weight excluding hydrogens is 225 g/mol. The van der Waals surface area contributed by atoms with Crippen molar-refractivity contribution in [1.29, 1.82) is 0 Å². The fraction of sp³-hybridized carbons (Fsp3) is 0.0769. The molecule has 1 N–H and O–H groups in total. The van der Waals surface area contributed by atoms with Crippen molar-refractivity contribution in [2.75, 3.05) is 5.32 Å². The molecule has 82 valence electrons. The van der Waals surface area contributed by atoms with Crippen LogP contribution in [0.2, 0.25) is 5.02 Å². The van der Waals surface area contributed by atoms with Crippen molar-refractivity contribution in [3.8, 4) is 0 Å². The predicted octanol–water partition coefficient (Wildman–Crippen LogP) is 4.09. The van der Waals surface area contributed by atoms with Crippen molar-refractivity contribution in [1.82, 2.24) is 0 Å². The summed E-state index contributed by atoms with van der Waals surface area (Å²) in [5.74, 6) is -0.197. The SMILES string of the molecule is Fc1ccccc1CNc1cccc(Cl)c1. The zero-order valence-corrected chi connectivity index (χ0v) is 9.34. The topological polar surface area (TPSA) is 12.0 Å². The molecule has 0 heterocycles. The molecule has 0 aliphatic heterocycles. The Morgan fingerprint density at radius 2 is 1.88 bits per heavy atom. The van der Waals surface area contributed by atoms with Crippen LogP contribution in [0.25, 0.3) is 0 Å². The van der Waals surface area contributed by atoms with Crippen LogP contribution in [0.5, 0.6) is 0 Å². The first-order valence-corrected chi connectivity index (χ1v) is 5.36. The molecule has 0 aromatic heterocycles. The highest BCUT2D eigenvalue weighted by atomic mass is 35.5. The summed E-state index contributed by atoms with van der Waals surface area (Å²) in [6.07, 6.45) is 0. The van der Waals surface area contributed by atoms with E-state index in [9.17, 15) is 4.39 Å². The number of rotatable bonds is 3. The molecule has 1 nitrogen and oxygen atoms in total. The molecule has 0 saturated heterocycles. The lowest BCUT2D eigenvalue weighted by Gasteiger charge is -2.07. The van der Waals surface area contributed by atoms with Crippen molar-refractivity contribution in [2.45, 2.75) is 6.54 Å². The van der Waals surface area contributed by atoms with Crippen LogP contribution in [-0.4, -0.2) is 0 Å². The van der Waals surface area contributed by atoms with Gasteiger partial charge in [0.05, 0.1) is 0 Å². The molecule has 3 heteroatoms. The summed E-state index contributed by atoms with van der Waals surface area (Å²) in [6, 6.07) is 14.1. The third kappa shape index (κ3) is 2.74. The molecule has 16 heavy (non-hydrogen) atoms. The Hall–Kier alpha value is -1.54. The van der Waals surface area contributed by atoms with Crippen LogP contribution in [0.1, 0.15) is 5.56 Å². The molecule has 0 fully saturated rings. The highest BCUT2D eigenvalue weighted by molar-refractivity contribution is 6.30. The summed E-state index contributed by atoms with van der Waals surface area (Å²) in [5, 5.41) is 3.78. The molecule has 0 unspecified atom stereocenters. The second-order valence-corrected chi connectivity index (χ2v) is 3.89. The molecule has 2 rings (SSSR count). The van der Waals surface area contributed by atoms with Crippen molar-refractivity contribution < 1.29 is 4.39 Å². The van der Waals surface area contributed by atoms with Gasteiger partial charge in [0.2, 0.25) is 0 Å².